The van der Waals surface area contributed by atoms with Crippen LogP contribution in [0.4, 0.5) is 5.13 Å². The maximum atomic E-state index is 6.00. The monoisotopic (exact) mass is 560 g/mol. The van der Waals surface area contributed by atoms with Crippen LogP contribution in [-0.2, 0) is 6.61 Å². The third-order valence-electron chi connectivity index (χ3n) is 6.61. The van der Waals surface area contributed by atoms with Crippen LogP contribution in [0.2, 0.25) is 0 Å². The molecule has 6 heteroatoms. The number of hydrogen-bond donors (Lipinski definition) is 0. The van der Waals surface area contributed by atoms with Gasteiger partial charge >= 0.3 is 0 Å². The summed E-state index contributed by atoms with van der Waals surface area (Å²) in [5, 5.41) is 2.79. The molecule has 1 aliphatic carbocycles. The van der Waals surface area contributed by atoms with Gasteiger partial charge in [-0.3, -0.25) is 0 Å². The van der Waals surface area contributed by atoms with E-state index in [0.29, 0.717) is 24.0 Å². The van der Waals surface area contributed by atoms with Crippen molar-refractivity contribution in [3.8, 4) is 22.8 Å². The molecule has 1 saturated carbocycles. The molecule has 184 valence electrons. The second-order valence-electron chi connectivity index (χ2n) is 9.03. The van der Waals surface area contributed by atoms with Crippen molar-refractivity contribution in [2.45, 2.75) is 44.6 Å². The number of aliphatic imine (C=N–C) groups is 1. The fourth-order valence-electron chi connectivity index (χ4n) is 4.60. The van der Waals surface area contributed by atoms with E-state index in [4.69, 9.17) is 14.5 Å². The summed E-state index contributed by atoms with van der Waals surface area (Å²) >= 11 is 5.19. The van der Waals surface area contributed by atoms with Crippen molar-refractivity contribution in [2.75, 3.05) is 7.11 Å². The quantitative estimate of drug-likeness (QED) is 0.202. The lowest BCUT2D eigenvalue weighted by atomic mass is 9.84. The minimum atomic E-state index is 0.473. The Balaban J connectivity index is 1.27. The zero-order chi connectivity index (χ0) is 24.7. The third-order valence-corrected chi connectivity index (χ3v) is 8.04. The first-order valence-electron chi connectivity index (χ1n) is 12.3. The van der Waals surface area contributed by atoms with Crippen LogP contribution in [0.1, 0.15) is 54.7 Å². The van der Waals surface area contributed by atoms with Crippen molar-refractivity contribution in [1.29, 1.82) is 0 Å². The standard InChI is InChI=1S/C30H29BrN2O2S/c1-34-28-16-25(26(31)17-29(28)35-19-21-8-4-2-5-9-21)18-32-30-33-27(20-36-30)24-14-12-23(13-15-24)22-10-6-3-7-11-22/h2,4-5,8-9,12-18,20,22H,3,6-7,10-11,19H2,1H3. The van der Waals surface area contributed by atoms with Crippen molar-refractivity contribution in [3.05, 3.63) is 93.3 Å². The number of aromatic nitrogens is 1. The number of methoxy groups -OCH3 is 1. The lowest BCUT2D eigenvalue weighted by molar-refractivity contribution is 0.284. The molecule has 0 bridgehead atoms. The summed E-state index contributed by atoms with van der Waals surface area (Å²) in [5.74, 6) is 2.06. The number of rotatable bonds is 8. The number of halogens is 1. The molecule has 0 aliphatic heterocycles. The van der Waals surface area contributed by atoms with Crippen molar-refractivity contribution in [2.24, 2.45) is 4.99 Å². The van der Waals surface area contributed by atoms with Gasteiger partial charge in [0.1, 0.15) is 6.61 Å². The Kier molecular flexibility index (Phi) is 8.14. The molecule has 4 nitrogen and oxygen atoms in total. The fourth-order valence-corrected chi connectivity index (χ4v) is 5.70. The molecule has 4 aromatic rings. The Morgan fingerprint density at radius 2 is 1.78 bits per heavy atom. The maximum absolute atomic E-state index is 6.00. The van der Waals surface area contributed by atoms with Gasteiger partial charge in [0.2, 0.25) is 5.13 Å². The van der Waals surface area contributed by atoms with E-state index >= 15 is 0 Å². The average molecular weight is 562 g/mol. The summed E-state index contributed by atoms with van der Waals surface area (Å²) < 4.78 is 12.5. The van der Waals surface area contributed by atoms with Crippen LogP contribution in [0.5, 0.6) is 11.5 Å². The van der Waals surface area contributed by atoms with E-state index in [2.05, 4.69) is 50.6 Å². The van der Waals surface area contributed by atoms with Gasteiger partial charge < -0.3 is 9.47 Å². The van der Waals surface area contributed by atoms with E-state index in [1.54, 1.807) is 18.4 Å². The highest BCUT2D eigenvalue weighted by atomic mass is 79.9. The highest BCUT2D eigenvalue weighted by Crippen LogP contribution is 2.35. The Bertz CT molecular complexity index is 1310. The Labute approximate surface area is 225 Å². The minimum Gasteiger partial charge on any atom is -0.493 e. The molecule has 1 heterocycles. The van der Waals surface area contributed by atoms with Crippen LogP contribution in [0.15, 0.2) is 81.6 Å². The highest BCUT2D eigenvalue weighted by Gasteiger charge is 2.16. The zero-order valence-corrected chi connectivity index (χ0v) is 22.7. The van der Waals surface area contributed by atoms with Gasteiger partial charge in [0.25, 0.3) is 0 Å². The SMILES string of the molecule is COc1cc(C=Nc2nc(-c3ccc(C4CCCCC4)cc3)cs2)c(Br)cc1OCc1ccccc1. The molecule has 0 unspecified atom stereocenters. The summed E-state index contributed by atoms with van der Waals surface area (Å²) in [6.07, 6.45) is 8.52. The molecule has 0 radical (unpaired) electrons. The molecule has 0 saturated heterocycles. The minimum absolute atomic E-state index is 0.473. The largest absolute Gasteiger partial charge is 0.493 e. The second-order valence-corrected chi connectivity index (χ2v) is 10.7. The number of nitrogens with zero attached hydrogens (tertiary/aromatic N) is 2. The lowest BCUT2D eigenvalue weighted by Crippen LogP contribution is -2.04. The molecule has 36 heavy (non-hydrogen) atoms. The highest BCUT2D eigenvalue weighted by molar-refractivity contribution is 9.10. The van der Waals surface area contributed by atoms with Gasteiger partial charge in [-0.05, 0) is 57.9 Å². The zero-order valence-electron chi connectivity index (χ0n) is 20.3. The molecule has 3 aromatic carbocycles. The van der Waals surface area contributed by atoms with Gasteiger partial charge in [-0.15, -0.1) is 11.3 Å². The van der Waals surface area contributed by atoms with E-state index in [9.17, 15) is 0 Å². The normalized spacial score (nSPS) is 14.3. The molecule has 0 N–H and O–H groups in total. The van der Waals surface area contributed by atoms with Crippen molar-refractivity contribution in [1.82, 2.24) is 4.98 Å². The first kappa shape index (κ1) is 24.7. The molecule has 1 aliphatic rings. The Morgan fingerprint density at radius 1 is 1.00 bits per heavy atom. The fraction of sp³-hybridized carbons (Fsp3) is 0.267. The summed E-state index contributed by atoms with van der Waals surface area (Å²) in [6.45, 7) is 0.473. The van der Waals surface area contributed by atoms with Gasteiger partial charge in [-0.1, -0.05) is 73.9 Å². The molecule has 1 aromatic heterocycles. The van der Waals surface area contributed by atoms with Gasteiger partial charge in [-0.25, -0.2) is 9.98 Å². The molecule has 0 amide bonds. The second kappa shape index (κ2) is 11.8. The third kappa shape index (κ3) is 6.05. The summed E-state index contributed by atoms with van der Waals surface area (Å²) in [7, 11) is 1.65. The van der Waals surface area contributed by atoms with Gasteiger partial charge in [-0.2, -0.15) is 0 Å². The Hall–Kier alpha value is -2.96. The van der Waals surface area contributed by atoms with Crippen LogP contribution in [0, 0.1) is 0 Å². The number of hydrogen-bond acceptors (Lipinski definition) is 5. The first-order chi connectivity index (χ1) is 17.7. The molecule has 0 spiro atoms. The maximum Gasteiger partial charge on any atom is 0.209 e. The van der Waals surface area contributed by atoms with Crippen LogP contribution in [0.3, 0.4) is 0 Å². The molecule has 0 atom stereocenters. The molecule has 1 fully saturated rings. The summed E-state index contributed by atoms with van der Waals surface area (Å²) in [4.78, 5) is 9.37. The van der Waals surface area contributed by atoms with Crippen LogP contribution in [0.25, 0.3) is 11.3 Å². The number of ether oxygens (including phenoxy) is 2. The van der Waals surface area contributed by atoms with E-state index in [0.717, 1.165) is 32.0 Å². The molecular weight excluding hydrogens is 532 g/mol. The van der Waals surface area contributed by atoms with Crippen molar-refractivity contribution >= 4 is 38.6 Å². The van der Waals surface area contributed by atoms with E-state index in [1.807, 2.05) is 48.7 Å². The smallest absolute Gasteiger partial charge is 0.209 e. The first-order valence-corrected chi connectivity index (χ1v) is 14.0. The predicted octanol–water partition coefficient (Wildman–Crippen LogP) is 8.96. The lowest BCUT2D eigenvalue weighted by Gasteiger charge is -2.22. The van der Waals surface area contributed by atoms with Gasteiger partial charge in [0.15, 0.2) is 11.5 Å². The van der Waals surface area contributed by atoms with E-state index < -0.39 is 0 Å². The van der Waals surface area contributed by atoms with Gasteiger partial charge in [0, 0.05) is 27.2 Å². The average Bonchev–Trinajstić information content (AvgIpc) is 3.41. The van der Waals surface area contributed by atoms with E-state index in [-0.39, 0.29) is 0 Å². The summed E-state index contributed by atoms with van der Waals surface area (Å²) in [6, 6.07) is 22.9. The van der Waals surface area contributed by atoms with E-state index in [1.165, 1.54) is 37.7 Å². The Morgan fingerprint density at radius 3 is 2.53 bits per heavy atom. The topological polar surface area (TPSA) is 43.7 Å². The van der Waals surface area contributed by atoms with Crippen molar-refractivity contribution < 1.29 is 9.47 Å². The van der Waals surface area contributed by atoms with Crippen LogP contribution in [-0.4, -0.2) is 18.3 Å². The van der Waals surface area contributed by atoms with Crippen molar-refractivity contribution in [3.63, 3.8) is 0 Å². The summed E-state index contributed by atoms with van der Waals surface area (Å²) in [5.41, 5.74) is 5.55. The molecular formula is C30H29BrN2O2S. The van der Waals surface area contributed by atoms with Crippen LogP contribution >= 0.6 is 27.3 Å². The predicted molar refractivity (Wildman–Crippen MR) is 152 cm³/mol. The van der Waals surface area contributed by atoms with Gasteiger partial charge in [0.05, 0.1) is 12.8 Å². The number of benzene rings is 3. The van der Waals surface area contributed by atoms with Crippen LogP contribution < -0.4 is 9.47 Å². The molecule has 5 rings (SSSR count). The number of thiazole rings is 1.